The molecule has 142 valence electrons. The molecule has 1 aliphatic rings. The molecule has 0 unspecified atom stereocenters. The minimum atomic E-state index is -0.948. The molecule has 8 heteroatoms. The molecule has 0 N–H and O–H groups in total. The van der Waals surface area contributed by atoms with Crippen LogP contribution >= 0.6 is 11.6 Å². The fourth-order valence-corrected chi connectivity index (χ4v) is 2.92. The lowest BCUT2D eigenvalue weighted by atomic mass is 9.87. The van der Waals surface area contributed by atoms with Gasteiger partial charge in [0.05, 0.1) is 36.2 Å². The molecule has 2 heterocycles. The van der Waals surface area contributed by atoms with E-state index in [-0.39, 0.29) is 29.4 Å². The Balaban J connectivity index is 1.87. The van der Waals surface area contributed by atoms with Crippen LogP contribution < -0.4 is 4.74 Å². The summed E-state index contributed by atoms with van der Waals surface area (Å²) in [5.41, 5.74) is -0.872. The summed E-state index contributed by atoms with van der Waals surface area (Å²) < 4.78 is 30.2. The molecule has 0 spiro atoms. The molecule has 27 heavy (non-hydrogen) atoms. The van der Waals surface area contributed by atoms with Crippen molar-refractivity contribution in [3.8, 4) is 11.8 Å². The van der Waals surface area contributed by atoms with Crippen LogP contribution in [0.1, 0.15) is 31.9 Å². The van der Waals surface area contributed by atoms with Crippen molar-refractivity contribution in [2.45, 2.75) is 32.0 Å². The Hall–Kier alpha value is -2.72. The Kier molecular flexibility index (Phi) is 4.79. The number of carbonyl (C=O) groups is 1. The molecular weight excluding hydrogens is 375 g/mol. The number of rotatable bonds is 3. The number of benzene rings is 1. The van der Waals surface area contributed by atoms with Gasteiger partial charge in [-0.2, -0.15) is 5.26 Å². The molecule has 0 saturated carbocycles. The Morgan fingerprint density at radius 3 is 2.67 bits per heavy atom. The number of amides is 1. The summed E-state index contributed by atoms with van der Waals surface area (Å²) >= 11 is 5.84. The second kappa shape index (κ2) is 6.78. The van der Waals surface area contributed by atoms with Gasteiger partial charge in [-0.25, -0.2) is 9.18 Å². The Labute approximate surface area is 161 Å². The van der Waals surface area contributed by atoms with Gasteiger partial charge in [-0.05, 0) is 32.9 Å². The monoisotopic (exact) mass is 392 g/mol. The van der Waals surface area contributed by atoms with Gasteiger partial charge in [-0.1, -0.05) is 11.6 Å². The van der Waals surface area contributed by atoms with Crippen LogP contribution in [0.3, 0.4) is 0 Å². The fraction of sp³-hybridized carbons (Fsp3) is 0.368. The van der Waals surface area contributed by atoms with Crippen LogP contribution in [0.15, 0.2) is 35.1 Å². The molecule has 3 rings (SSSR count). The van der Waals surface area contributed by atoms with Gasteiger partial charge in [-0.15, -0.1) is 0 Å². The van der Waals surface area contributed by atoms with Crippen LogP contribution in [0.4, 0.5) is 9.18 Å². The summed E-state index contributed by atoms with van der Waals surface area (Å²) in [5, 5.41) is 9.12. The molecule has 1 aromatic carbocycles. The first-order chi connectivity index (χ1) is 12.6. The molecule has 1 fully saturated rings. The zero-order valence-corrected chi connectivity index (χ0v) is 15.8. The van der Waals surface area contributed by atoms with E-state index in [4.69, 9.17) is 25.5 Å². The number of hydrogen-bond acceptors (Lipinski definition) is 5. The Bertz CT molecular complexity index is 894. The summed E-state index contributed by atoms with van der Waals surface area (Å²) in [6, 6.07) is 5.88. The van der Waals surface area contributed by atoms with Crippen molar-refractivity contribution in [3.05, 3.63) is 52.7 Å². The van der Waals surface area contributed by atoms with E-state index in [0.29, 0.717) is 5.56 Å². The summed E-state index contributed by atoms with van der Waals surface area (Å²) in [6.45, 7) is 5.71. The van der Waals surface area contributed by atoms with Crippen LogP contribution in [-0.2, 0) is 10.3 Å². The number of carbonyl (C=O) groups excluding carboxylic acids is 1. The maximum Gasteiger partial charge on any atom is 0.410 e. The lowest BCUT2D eigenvalue weighted by Gasteiger charge is -2.49. The van der Waals surface area contributed by atoms with E-state index in [0.717, 1.165) is 6.07 Å². The topological polar surface area (TPSA) is 75.7 Å². The second-order valence-corrected chi connectivity index (χ2v) is 7.73. The molecular formula is C19H18ClFN2O4. The van der Waals surface area contributed by atoms with E-state index in [9.17, 15) is 14.4 Å². The van der Waals surface area contributed by atoms with Crippen molar-refractivity contribution >= 4 is 17.7 Å². The highest BCUT2D eigenvalue weighted by Gasteiger charge is 2.51. The van der Waals surface area contributed by atoms with E-state index >= 15 is 0 Å². The van der Waals surface area contributed by atoms with Crippen LogP contribution in [0.2, 0.25) is 5.02 Å². The van der Waals surface area contributed by atoms with Crippen LogP contribution in [-0.4, -0.2) is 29.7 Å². The second-order valence-electron chi connectivity index (χ2n) is 7.32. The van der Waals surface area contributed by atoms with E-state index in [1.807, 2.05) is 6.07 Å². The Morgan fingerprint density at radius 2 is 2.11 bits per heavy atom. The summed E-state index contributed by atoms with van der Waals surface area (Å²) in [5.74, 6) is -0.573. The highest BCUT2D eigenvalue weighted by molar-refractivity contribution is 6.30. The van der Waals surface area contributed by atoms with Gasteiger partial charge in [0.1, 0.15) is 23.2 Å². The van der Waals surface area contributed by atoms with Gasteiger partial charge >= 0.3 is 6.09 Å². The average molecular weight is 393 g/mol. The van der Waals surface area contributed by atoms with Crippen LogP contribution in [0.25, 0.3) is 0 Å². The fourth-order valence-electron chi connectivity index (χ4n) is 2.77. The van der Waals surface area contributed by atoms with E-state index < -0.39 is 23.1 Å². The van der Waals surface area contributed by atoms with Gasteiger partial charge in [-0.3, -0.25) is 4.90 Å². The zero-order chi connectivity index (χ0) is 19.8. The molecule has 1 amide bonds. The van der Waals surface area contributed by atoms with Crippen molar-refractivity contribution < 1.29 is 23.1 Å². The highest BCUT2D eigenvalue weighted by atomic mass is 35.5. The maximum atomic E-state index is 13.7. The smallest absolute Gasteiger partial charge is 0.410 e. The van der Waals surface area contributed by atoms with Crippen molar-refractivity contribution in [2.24, 2.45) is 0 Å². The largest absolute Gasteiger partial charge is 0.477 e. The number of hydrogen-bond donors (Lipinski definition) is 0. The van der Waals surface area contributed by atoms with Gasteiger partial charge in [0.2, 0.25) is 0 Å². The molecule has 2 aromatic rings. The SMILES string of the molecule is CC(C)(C)OC(=O)N1CC(Oc2cc(Cl)c(F)cc2C#N)(c2ccoc2)C1. The molecule has 0 bridgehead atoms. The van der Waals surface area contributed by atoms with Gasteiger partial charge in [0, 0.05) is 11.6 Å². The number of likely N-dealkylation sites (tertiary alicyclic amines) is 1. The zero-order valence-electron chi connectivity index (χ0n) is 15.1. The molecule has 0 aliphatic carbocycles. The number of nitriles is 1. The predicted octanol–water partition coefficient (Wildman–Crippen LogP) is 4.47. The van der Waals surface area contributed by atoms with Gasteiger partial charge in [0.25, 0.3) is 0 Å². The first-order valence-corrected chi connectivity index (χ1v) is 8.60. The molecule has 0 atom stereocenters. The van der Waals surface area contributed by atoms with Crippen molar-refractivity contribution in [2.75, 3.05) is 13.1 Å². The van der Waals surface area contributed by atoms with Crippen molar-refractivity contribution in [1.82, 2.24) is 4.90 Å². The quantitative estimate of drug-likeness (QED) is 0.770. The molecule has 6 nitrogen and oxygen atoms in total. The first-order valence-electron chi connectivity index (χ1n) is 8.22. The molecule has 1 aliphatic heterocycles. The number of nitrogens with zero attached hydrogens (tertiary/aromatic N) is 2. The van der Waals surface area contributed by atoms with Crippen LogP contribution in [0, 0.1) is 17.1 Å². The minimum absolute atomic E-state index is 0.00971. The standard InChI is InChI=1S/C19H18ClFN2O4/c1-18(2,3)27-17(24)23-10-19(11-23,13-4-5-25-9-13)26-16-7-14(20)15(21)6-12(16)8-22/h4-7,9H,10-11H2,1-3H3. The summed E-state index contributed by atoms with van der Waals surface area (Å²) in [7, 11) is 0. The predicted molar refractivity (Wildman–Crippen MR) is 94.9 cm³/mol. The van der Waals surface area contributed by atoms with E-state index in [1.54, 1.807) is 26.8 Å². The molecule has 0 radical (unpaired) electrons. The number of furan rings is 1. The lowest BCUT2D eigenvalue weighted by molar-refractivity contribution is -0.0866. The highest BCUT2D eigenvalue weighted by Crippen LogP contribution is 2.40. The third kappa shape index (κ3) is 3.86. The average Bonchev–Trinajstić information content (AvgIpc) is 3.06. The van der Waals surface area contributed by atoms with E-state index in [1.165, 1.54) is 23.5 Å². The number of halogens is 2. The molecule has 1 saturated heterocycles. The first kappa shape index (κ1) is 19.1. The third-order valence-electron chi connectivity index (χ3n) is 4.04. The van der Waals surface area contributed by atoms with E-state index in [2.05, 4.69) is 0 Å². The van der Waals surface area contributed by atoms with Gasteiger partial charge in [0.15, 0.2) is 5.60 Å². The molecule has 1 aromatic heterocycles. The van der Waals surface area contributed by atoms with Crippen molar-refractivity contribution in [1.29, 1.82) is 5.26 Å². The summed E-state index contributed by atoms with van der Waals surface area (Å²) in [4.78, 5) is 13.8. The number of ether oxygens (including phenoxy) is 2. The third-order valence-corrected chi connectivity index (χ3v) is 4.33. The summed E-state index contributed by atoms with van der Waals surface area (Å²) in [6.07, 6.45) is 2.52. The normalized spacial score (nSPS) is 15.6. The van der Waals surface area contributed by atoms with Crippen molar-refractivity contribution in [3.63, 3.8) is 0 Å². The Morgan fingerprint density at radius 1 is 1.41 bits per heavy atom. The van der Waals surface area contributed by atoms with Crippen LogP contribution in [0.5, 0.6) is 5.75 Å². The lowest BCUT2D eigenvalue weighted by Crippen LogP contribution is -2.64. The minimum Gasteiger partial charge on any atom is -0.477 e. The maximum absolute atomic E-state index is 13.7. The van der Waals surface area contributed by atoms with Gasteiger partial charge < -0.3 is 13.9 Å².